The molecule has 0 aromatic carbocycles. The van der Waals surface area contributed by atoms with E-state index in [9.17, 15) is 24.3 Å². The molecule has 1 heterocycles. The molecule has 8 nitrogen and oxygen atoms in total. The van der Waals surface area contributed by atoms with Crippen molar-refractivity contribution >= 4 is 23.6 Å². The van der Waals surface area contributed by atoms with Gasteiger partial charge in [-0.2, -0.15) is 0 Å². The van der Waals surface area contributed by atoms with Crippen LogP contribution in [0.3, 0.4) is 0 Å². The standard InChI is InChI=1S/C13H20N2O6/c1-7(16)3-4-10(13(20)21)14-12(19)11-5-9(18)6-15(11)8(2)17/h9-11,18H,3-6H2,1-2H3,(H,14,19)(H,20,21)/t9-,10-,11+/m1/s1. The van der Waals surface area contributed by atoms with Crippen LogP contribution >= 0.6 is 0 Å². The van der Waals surface area contributed by atoms with Gasteiger partial charge in [-0.1, -0.05) is 0 Å². The van der Waals surface area contributed by atoms with Crippen molar-refractivity contribution in [2.75, 3.05) is 6.54 Å². The Balaban J connectivity index is 2.70. The van der Waals surface area contributed by atoms with Crippen molar-refractivity contribution in [3.05, 3.63) is 0 Å². The van der Waals surface area contributed by atoms with Crippen molar-refractivity contribution in [3.8, 4) is 0 Å². The minimum atomic E-state index is -1.24. The first-order chi connectivity index (χ1) is 9.72. The van der Waals surface area contributed by atoms with E-state index in [1.807, 2.05) is 0 Å². The fourth-order valence-corrected chi connectivity index (χ4v) is 2.28. The second-order valence-electron chi connectivity index (χ2n) is 5.22. The Bertz CT molecular complexity index is 450. The van der Waals surface area contributed by atoms with E-state index in [1.165, 1.54) is 18.7 Å². The predicted molar refractivity (Wildman–Crippen MR) is 71.3 cm³/mol. The Hall–Kier alpha value is -1.96. The topological polar surface area (TPSA) is 124 Å². The number of β-amino-alcohol motifs (C(OH)–C–C–N with tert-alkyl or cyclic N) is 1. The van der Waals surface area contributed by atoms with Crippen LogP contribution in [0.4, 0.5) is 0 Å². The van der Waals surface area contributed by atoms with Gasteiger partial charge in [-0.15, -0.1) is 0 Å². The summed E-state index contributed by atoms with van der Waals surface area (Å²) in [6, 6.07) is -2.07. The van der Waals surface area contributed by atoms with E-state index >= 15 is 0 Å². The van der Waals surface area contributed by atoms with Crippen LogP contribution in [0.15, 0.2) is 0 Å². The molecule has 1 aliphatic rings. The van der Waals surface area contributed by atoms with Crippen LogP contribution in [0.1, 0.15) is 33.1 Å². The van der Waals surface area contributed by atoms with Crippen molar-refractivity contribution in [2.45, 2.75) is 51.3 Å². The summed E-state index contributed by atoms with van der Waals surface area (Å²) in [7, 11) is 0. The van der Waals surface area contributed by atoms with Crippen molar-refractivity contribution in [2.24, 2.45) is 0 Å². The Morgan fingerprint density at radius 3 is 2.38 bits per heavy atom. The number of likely N-dealkylation sites (tertiary alicyclic amines) is 1. The van der Waals surface area contributed by atoms with E-state index in [2.05, 4.69) is 5.32 Å². The molecule has 0 aromatic rings. The first-order valence-electron chi connectivity index (χ1n) is 6.70. The maximum Gasteiger partial charge on any atom is 0.326 e. The molecule has 1 aliphatic heterocycles. The molecule has 2 amide bonds. The number of carboxylic acid groups (broad SMARTS) is 1. The number of aliphatic hydroxyl groups is 1. The van der Waals surface area contributed by atoms with Gasteiger partial charge in [0.05, 0.1) is 6.10 Å². The van der Waals surface area contributed by atoms with Crippen LogP contribution in [-0.4, -0.2) is 63.4 Å². The van der Waals surface area contributed by atoms with Crippen LogP contribution in [0.2, 0.25) is 0 Å². The van der Waals surface area contributed by atoms with Gasteiger partial charge < -0.3 is 25.2 Å². The molecule has 1 fully saturated rings. The molecule has 0 spiro atoms. The Morgan fingerprint density at radius 2 is 1.90 bits per heavy atom. The van der Waals surface area contributed by atoms with E-state index in [0.717, 1.165) is 0 Å². The first kappa shape index (κ1) is 17.1. The third kappa shape index (κ3) is 4.82. The Kier molecular flexibility index (Phi) is 5.83. The summed E-state index contributed by atoms with van der Waals surface area (Å²) in [5.74, 6) is -2.39. The van der Waals surface area contributed by atoms with Crippen LogP contribution < -0.4 is 5.32 Å². The monoisotopic (exact) mass is 300 g/mol. The predicted octanol–water partition coefficient (Wildman–Crippen LogP) is -1.09. The Morgan fingerprint density at radius 1 is 1.29 bits per heavy atom. The molecule has 0 aliphatic carbocycles. The fraction of sp³-hybridized carbons (Fsp3) is 0.692. The zero-order valence-corrected chi connectivity index (χ0v) is 12.0. The van der Waals surface area contributed by atoms with E-state index in [4.69, 9.17) is 5.11 Å². The zero-order valence-electron chi connectivity index (χ0n) is 12.0. The maximum absolute atomic E-state index is 12.1. The summed E-state index contributed by atoms with van der Waals surface area (Å²) < 4.78 is 0. The molecule has 3 N–H and O–H groups in total. The number of nitrogens with zero attached hydrogens (tertiary/aromatic N) is 1. The smallest absolute Gasteiger partial charge is 0.326 e. The second kappa shape index (κ2) is 7.16. The number of aliphatic hydroxyl groups excluding tert-OH is 1. The number of amides is 2. The van der Waals surface area contributed by atoms with Crippen LogP contribution in [0.25, 0.3) is 0 Å². The highest BCUT2D eigenvalue weighted by Crippen LogP contribution is 2.18. The van der Waals surface area contributed by atoms with Gasteiger partial charge in [0.2, 0.25) is 11.8 Å². The van der Waals surface area contributed by atoms with Gasteiger partial charge in [0.15, 0.2) is 0 Å². The number of aliphatic carboxylic acids is 1. The number of carbonyl (C=O) groups excluding carboxylic acids is 3. The van der Waals surface area contributed by atoms with Crippen LogP contribution in [0.5, 0.6) is 0 Å². The van der Waals surface area contributed by atoms with Crippen molar-refractivity contribution in [1.82, 2.24) is 10.2 Å². The molecular weight excluding hydrogens is 280 g/mol. The van der Waals surface area contributed by atoms with Gasteiger partial charge in [-0.3, -0.25) is 9.59 Å². The molecule has 1 rings (SSSR count). The lowest BCUT2D eigenvalue weighted by Gasteiger charge is -2.24. The number of hydrogen-bond donors (Lipinski definition) is 3. The minimum absolute atomic E-state index is 0.00818. The minimum Gasteiger partial charge on any atom is -0.480 e. The summed E-state index contributed by atoms with van der Waals surface area (Å²) in [5, 5.41) is 20.9. The zero-order chi connectivity index (χ0) is 16.2. The van der Waals surface area contributed by atoms with Gasteiger partial charge in [-0.25, -0.2) is 4.79 Å². The summed E-state index contributed by atoms with van der Waals surface area (Å²) in [4.78, 5) is 46.7. The summed E-state index contributed by atoms with van der Waals surface area (Å²) in [6.07, 6.45) is -0.692. The highest BCUT2D eigenvalue weighted by atomic mass is 16.4. The number of rotatable bonds is 6. The van der Waals surface area contributed by atoms with Crippen molar-refractivity contribution < 1.29 is 29.4 Å². The first-order valence-corrected chi connectivity index (χ1v) is 6.70. The molecule has 8 heteroatoms. The lowest BCUT2D eigenvalue weighted by atomic mass is 10.1. The lowest BCUT2D eigenvalue weighted by molar-refractivity contribution is -0.143. The molecule has 0 aromatic heterocycles. The normalized spacial score (nSPS) is 22.7. The highest BCUT2D eigenvalue weighted by Gasteiger charge is 2.38. The number of hydrogen-bond acceptors (Lipinski definition) is 5. The third-order valence-electron chi connectivity index (χ3n) is 3.39. The largest absolute Gasteiger partial charge is 0.480 e. The number of Topliss-reactive ketones (excluding diaryl/α,β-unsaturated/α-hetero) is 1. The number of carboxylic acids is 1. The van der Waals surface area contributed by atoms with E-state index in [-0.39, 0.29) is 37.5 Å². The van der Waals surface area contributed by atoms with Crippen LogP contribution in [0, 0.1) is 0 Å². The SMILES string of the molecule is CC(=O)CC[C@@H](NC(=O)[C@@H]1C[C@@H](O)CN1C(C)=O)C(=O)O. The number of ketones is 1. The number of carbonyl (C=O) groups is 4. The molecule has 118 valence electrons. The maximum atomic E-state index is 12.1. The van der Waals surface area contributed by atoms with E-state index in [0.29, 0.717) is 0 Å². The van der Waals surface area contributed by atoms with E-state index in [1.54, 1.807) is 0 Å². The summed E-state index contributed by atoms with van der Waals surface area (Å²) >= 11 is 0. The molecular formula is C13H20N2O6. The number of nitrogens with one attached hydrogen (secondary N) is 1. The molecule has 1 saturated heterocycles. The molecule has 3 atom stereocenters. The molecule has 0 unspecified atom stereocenters. The molecule has 0 saturated carbocycles. The molecule has 0 radical (unpaired) electrons. The Labute approximate surface area is 122 Å². The van der Waals surface area contributed by atoms with Crippen molar-refractivity contribution in [1.29, 1.82) is 0 Å². The van der Waals surface area contributed by atoms with Crippen molar-refractivity contribution in [3.63, 3.8) is 0 Å². The van der Waals surface area contributed by atoms with Gasteiger partial charge in [0.25, 0.3) is 0 Å². The van der Waals surface area contributed by atoms with Gasteiger partial charge in [-0.05, 0) is 13.3 Å². The highest BCUT2D eigenvalue weighted by molar-refractivity contribution is 5.90. The average Bonchev–Trinajstić information content (AvgIpc) is 2.76. The summed E-state index contributed by atoms with van der Waals surface area (Å²) in [5.41, 5.74) is 0. The summed E-state index contributed by atoms with van der Waals surface area (Å²) in [6.45, 7) is 2.67. The van der Waals surface area contributed by atoms with Gasteiger partial charge in [0.1, 0.15) is 17.9 Å². The fourth-order valence-electron chi connectivity index (χ4n) is 2.28. The molecule has 0 bridgehead atoms. The molecule has 21 heavy (non-hydrogen) atoms. The van der Waals surface area contributed by atoms with Gasteiger partial charge in [0, 0.05) is 26.3 Å². The lowest BCUT2D eigenvalue weighted by Crippen LogP contribution is -2.50. The van der Waals surface area contributed by atoms with Crippen LogP contribution in [-0.2, 0) is 19.2 Å². The average molecular weight is 300 g/mol. The van der Waals surface area contributed by atoms with Gasteiger partial charge >= 0.3 is 5.97 Å². The quantitative estimate of drug-likeness (QED) is 0.572. The second-order valence-corrected chi connectivity index (χ2v) is 5.22. The van der Waals surface area contributed by atoms with E-state index < -0.39 is 30.1 Å². The third-order valence-corrected chi connectivity index (χ3v) is 3.39.